The molecule has 0 bridgehead atoms. The van der Waals surface area contributed by atoms with Crippen molar-refractivity contribution in [1.82, 2.24) is 0 Å². The van der Waals surface area contributed by atoms with Crippen molar-refractivity contribution in [3.63, 3.8) is 0 Å². The third-order valence-corrected chi connectivity index (χ3v) is 5.43. The lowest BCUT2D eigenvalue weighted by Crippen LogP contribution is -2.06. The summed E-state index contributed by atoms with van der Waals surface area (Å²) in [5, 5.41) is 0. The molecule has 0 radical (unpaired) electrons. The highest BCUT2D eigenvalue weighted by Gasteiger charge is 2.17. The molecule has 0 spiro atoms. The van der Waals surface area contributed by atoms with Gasteiger partial charge in [-0.1, -0.05) is 105 Å². The van der Waals surface area contributed by atoms with Crippen LogP contribution in [0.2, 0.25) is 0 Å². The number of aryl methyl sites for hydroxylation is 1. The van der Waals surface area contributed by atoms with E-state index >= 15 is 0 Å². The van der Waals surface area contributed by atoms with Gasteiger partial charge in [0.2, 0.25) is 0 Å². The predicted molar refractivity (Wildman–Crippen MR) is 137 cm³/mol. The standard InChI is InChI=1S/C30H38/c1-11-12-13-30(25(7)20-23(5)14-17-24(6)21(2)3)28(10)26(8)27(9)29-18-15-22(4)16-19-29/h11-19,26H,2,7,9-10,20H2,1,3-6,8H3/b12-11-,23-14+,24-17+,30-13-. The molecule has 0 aliphatic rings. The van der Waals surface area contributed by atoms with E-state index in [-0.39, 0.29) is 5.92 Å². The lowest BCUT2D eigenvalue weighted by molar-refractivity contribution is 0.898. The molecule has 1 aromatic rings. The molecule has 0 aromatic heterocycles. The van der Waals surface area contributed by atoms with Gasteiger partial charge in [-0.3, -0.25) is 0 Å². The first-order valence-corrected chi connectivity index (χ1v) is 10.5. The van der Waals surface area contributed by atoms with Crippen molar-refractivity contribution < 1.29 is 0 Å². The van der Waals surface area contributed by atoms with Gasteiger partial charge in [0, 0.05) is 5.92 Å². The summed E-state index contributed by atoms with van der Waals surface area (Å²) in [7, 11) is 0. The highest BCUT2D eigenvalue weighted by molar-refractivity contribution is 5.70. The van der Waals surface area contributed by atoms with Crippen molar-refractivity contribution in [1.29, 1.82) is 0 Å². The molecule has 0 fully saturated rings. The first-order valence-electron chi connectivity index (χ1n) is 10.5. The number of hydrogen-bond donors (Lipinski definition) is 0. The number of hydrogen-bond acceptors (Lipinski definition) is 0. The molecular weight excluding hydrogens is 360 g/mol. The van der Waals surface area contributed by atoms with Crippen molar-refractivity contribution in [2.75, 3.05) is 0 Å². The van der Waals surface area contributed by atoms with E-state index in [0.29, 0.717) is 0 Å². The van der Waals surface area contributed by atoms with Gasteiger partial charge in [0.15, 0.2) is 0 Å². The fourth-order valence-electron chi connectivity index (χ4n) is 3.01. The summed E-state index contributed by atoms with van der Waals surface area (Å²) in [6.45, 7) is 29.7. The molecule has 0 aliphatic carbocycles. The van der Waals surface area contributed by atoms with E-state index in [1.54, 1.807) is 0 Å². The first kappa shape index (κ1) is 25.2. The normalized spacial score (nSPS) is 14.0. The van der Waals surface area contributed by atoms with Crippen LogP contribution in [0.15, 0.2) is 114 Å². The molecule has 158 valence electrons. The van der Waals surface area contributed by atoms with E-state index in [9.17, 15) is 0 Å². The number of benzene rings is 1. The molecule has 1 unspecified atom stereocenters. The smallest absolute Gasteiger partial charge is 0.00612 e. The summed E-state index contributed by atoms with van der Waals surface area (Å²) in [5.41, 5.74) is 10.2. The van der Waals surface area contributed by atoms with Gasteiger partial charge in [-0.2, -0.15) is 0 Å². The molecule has 0 amide bonds. The first-order chi connectivity index (χ1) is 14.1. The molecule has 1 aromatic carbocycles. The van der Waals surface area contributed by atoms with Crippen LogP contribution in [-0.4, -0.2) is 0 Å². The second-order valence-corrected chi connectivity index (χ2v) is 8.17. The molecular formula is C30H38. The van der Waals surface area contributed by atoms with Crippen LogP contribution < -0.4 is 0 Å². The van der Waals surface area contributed by atoms with E-state index in [1.165, 1.54) is 16.7 Å². The summed E-state index contributed by atoms with van der Waals surface area (Å²) in [4.78, 5) is 0. The van der Waals surface area contributed by atoms with Gasteiger partial charge in [-0.25, -0.2) is 0 Å². The molecule has 1 rings (SSSR count). The van der Waals surface area contributed by atoms with Crippen LogP contribution in [0, 0.1) is 12.8 Å². The molecule has 0 N–H and O–H groups in total. The van der Waals surface area contributed by atoms with Crippen LogP contribution in [-0.2, 0) is 0 Å². The summed E-state index contributed by atoms with van der Waals surface area (Å²) < 4.78 is 0. The average Bonchev–Trinajstić information content (AvgIpc) is 2.71. The van der Waals surface area contributed by atoms with E-state index in [2.05, 4.69) is 103 Å². The molecule has 0 heteroatoms. The SMILES string of the molecule is C=C(C/C(C)=C/C=C(\C)C(=C)C)/C(=C/C=C\C)C(=C)C(C)C(=C)c1ccc(C)cc1. The summed E-state index contributed by atoms with van der Waals surface area (Å²) >= 11 is 0. The second-order valence-electron chi connectivity index (χ2n) is 8.17. The maximum absolute atomic E-state index is 4.43. The maximum Gasteiger partial charge on any atom is 0.00612 e. The Morgan fingerprint density at radius 1 is 0.933 bits per heavy atom. The maximum atomic E-state index is 4.43. The van der Waals surface area contributed by atoms with Crippen molar-refractivity contribution in [3.8, 4) is 0 Å². The second kappa shape index (κ2) is 12.0. The van der Waals surface area contributed by atoms with Crippen molar-refractivity contribution >= 4 is 5.57 Å². The third kappa shape index (κ3) is 7.52. The van der Waals surface area contributed by atoms with Crippen LogP contribution in [0.1, 0.15) is 52.2 Å². The zero-order valence-corrected chi connectivity index (χ0v) is 19.8. The van der Waals surface area contributed by atoms with Gasteiger partial charge in [-0.05, 0) is 74.5 Å². The number of allylic oxidation sites excluding steroid dienone is 12. The van der Waals surface area contributed by atoms with Crippen LogP contribution in [0.3, 0.4) is 0 Å². The predicted octanol–water partition coefficient (Wildman–Crippen LogP) is 9.12. The van der Waals surface area contributed by atoms with Crippen LogP contribution >= 0.6 is 0 Å². The number of rotatable bonds is 10. The van der Waals surface area contributed by atoms with Gasteiger partial charge < -0.3 is 0 Å². The Kier molecular flexibility index (Phi) is 10.1. The summed E-state index contributed by atoms with van der Waals surface area (Å²) in [5.74, 6) is 0.121. The van der Waals surface area contributed by atoms with Crippen molar-refractivity contribution in [2.45, 2.75) is 48.0 Å². The highest BCUT2D eigenvalue weighted by atomic mass is 14.2. The summed E-state index contributed by atoms with van der Waals surface area (Å²) in [6.07, 6.45) is 11.3. The molecule has 0 nitrogen and oxygen atoms in total. The minimum Gasteiger partial charge on any atom is -0.0958 e. The monoisotopic (exact) mass is 398 g/mol. The zero-order valence-electron chi connectivity index (χ0n) is 19.8. The van der Waals surface area contributed by atoms with Crippen LogP contribution in [0.4, 0.5) is 0 Å². The molecule has 0 saturated heterocycles. The lowest BCUT2D eigenvalue weighted by atomic mass is 9.82. The minimum absolute atomic E-state index is 0.121. The Hall–Kier alpha value is -2.86. The topological polar surface area (TPSA) is 0 Å². The Morgan fingerprint density at radius 2 is 1.53 bits per heavy atom. The average molecular weight is 399 g/mol. The summed E-state index contributed by atoms with van der Waals surface area (Å²) in [6, 6.07) is 8.52. The third-order valence-electron chi connectivity index (χ3n) is 5.43. The zero-order chi connectivity index (χ0) is 22.8. The van der Waals surface area contributed by atoms with E-state index in [0.717, 1.165) is 39.8 Å². The Labute approximate surface area is 185 Å². The fourth-order valence-corrected chi connectivity index (χ4v) is 3.01. The van der Waals surface area contributed by atoms with Gasteiger partial charge in [0.25, 0.3) is 0 Å². The molecule has 0 aliphatic heterocycles. The van der Waals surface area contributed by atoms with Gasteiger partial charge in [0.1, 0.15) is 0 Å². The van der Waals surface area contributed by atoms with Gasteiger partial charge in [-0.15, -0.1) is 0 Å². The fraction of sp³-hybridized carbons (Fsp3) is 0.267. The van der Waals surface area contributed by atoms with Crippen LogP contribution in [0.25, 0.3) is 5.57 Å². The quantitative estimate of drug-likeness (QED) is 0.345. The van der Waals surface area contributed by atoms with Crippen molar-refractivity contribution in [2.24, 2.45) is 5.92 Å². The van der Waals surface area contributed by atoms with Gasteiger partial charge >= 0.3 is 0 Å². The lowest BCUT2D eigenvalue weighted by Gasteiger charge is -2.22. The molecule has 30 heavy (non-hydrogen) atoms. The van der Waals surface area contributed by atoms with E-state index in [1.807, 2.05) is 19.9 Å². The minimum atomic E-state index is 0.121. The van der Waals surface area contributed by atoms with Crippen LogP contribution in [0.5, 0.6) is 0 Å². The molecule has 0 saturated carbocycles. The molecule has 1 atom stereocenters. The Morgan fingerprint density at radius 3 is 2.07 bits per heavy atom. The van der Waals surface area contributed by atoms with Gasteiger partial charge in [0.05, 0.1) is 0 Å². The van der Waals surface area contributed by atoms with E-state index < -0.39 is 0 Å². The van der Waals surface area contributed by atoms with E-state index in [4.69, 9.17) is 0 Å². The Bertz CT molecular complexity index is 921. The largest absolute Gasteiger partial charge is 0.0958 e. The highest BCUT2D eigenvalue weighted by Crippen LogP contribution is 2.34. The Balaban J connectivity index is 3.09. The molecule has 0 heterocycles. The van der Waals surface area contributed by atoms with Crippen molar-refractivity contribution in [3.05, 3.63) is 126 Å².